The topological polar surface area (TPSA) is 211 Å². The van der Waals surface area contributed by atoms with Crippen molar-refractivity contribution in [1.82, 2.24) is 0 Å². The SMILES string of the molecule is CC(/C=C(\CO)CC[C@]12O[C@H](C(=O)O)[C@@](O)(C(=O)O)[C@](C(=O)O)(O1)[C@H](O)[C@H]2O)Cc1ccccc1. The van der Waals surface area contributed by atoms with E-state index in [4.69, 9.17) is 9.47 Å². The number of aliphatic hydroxyl groups is 4. The Labute approximate surface area is 199 Å². The van der Waals surface area contributed by atoms with Crippen molar-refractivity contribution in [2.75, 3.05) is 6.61 Å². The van der Waals surface area contributed by atoms with Crippen LogP contribution in [0.5, 0.6) is 0 Å². The minimum absolute atomic E-state index is 0.0497. The Morgan fingerprint density at radius 2 is 1.69 bits per heavy atom. The van der Waals surface area contributed by atoms with Gasteiger partial charge in [0.05, 0.1) is 6.61 Å². The van der Waals surface area contributed by atoms with Gasteiger partial charge in [0.2, 0.25) is 17.3 Å². The van der Waals surface area contributed by atoms with E-state index < -0.39 is 66.2 Å². The maximum Gasteiger partial charge on any atom is 0.343 e. The molecule has 0 saturated carbocycles. The number of carboxylic acids is 3. The van der Waals surface area contributed by atoms with Gasteiger partial charge in [0, 0.05) is 6.42 Å². The van der Waals surface area contributed by atoms with Crippen LogP contribution >= 0.6 is 0 Å². The molecule has 12 nitrogen and oxygen atoms in total. The predicted molar refractivity (Wildman–Crippen MR) is 115 cm³/mol. The molecular formula is C23H28O12. The molecule has 2 aliphatic heterocycles. The van der Waals surface area contributed by atoms with E-state index in [1.54, 1.807) is 6.08 Å². The Morgan fingerprint density at radius 1 is 1.06 bits per heavy atom. The van der Waals surface area contributed by atoms with E-state index in [0.29, 0.717) is 12.0 Å². The van der Waals surface area contributed by atoms with E-state index >= 15 is 0 Å². The summed E-state index contributed by atoms with van der Waals surface area (Å²) in [6, 6.07) is 9.51. The minimum atomic E-state index is -3.77. The van der Waals surface area contributed by atoms with Crippen molar-refractivity contribution < 1.29 is 59.6 Å². The zero-order valence-corrected chi connectivity index (χ0v) is 18.8. The zero-order valence-electron chi connectivity index (χ0n) is 18.8. The molecule has 2 heterocycles. The van der Waals surface area contributed by atoms with Crippen LogP contribution in [0.1, 0.15) is 25.3 Å². The molecule has 2 bridgehead atoms. The van der Waals surface area contributed by atoms with Gasteiger partial charge in [0.1, 0.15) is 12.2 Å². The van der Waals surface area contributed by atoms with Crippen LogP contribution in [0.25, 0.3) is 0 Å². The standard InChI is InChI=1S/C23H28O12/c1-12(9-13-5-3-2-4-6-13)10-14(11-24)7-8-21-15(25)16(26)23(35-21,20(31)32)22(33,19(29)30)17(34-21)18(27)28/h2-6,10,12,15-17,24-26,33H,7-9,11H2,1H3,(H,27,28)(H,29,30)(H,31,32)/b14-10-/t12?,15-,16-,17-,21+,22-,23+/m1/s1. The molecule has 35 heavy (non-hydrogen) atoms. The Morgan fingerprint density at radius 3 is 2.20 bits per heavy atom. The molecule has 2 fully saturated rings. The Kier molecular flexibility index (Phi) is 7.37. The van der Waals surface area contributed by atoms with E-state index in [-0.39, 0.29) is 12.3 Å². The number of aliphatic carboxylic acids is 3. The fourth-order valence-corrected chi connectivity index (χ4v) is 4.82. The van der Waals surface area contributed by atoms with Gasteiger partial charge in [0.15, 0.2) is 5.79 Å². The Balaban J connectivity index is 1.92. The molecule has 3 rings (SSSR count). The summed E-state index contributed by atoms with van der Waals surface area (Å²) in [5.41, 5.74) is -5.74. The fraction of sp³-hybridized carbons (Fsp3) is 0.522. The monoisotopic (exact) mass is 496 g/mol. The van der Waals surface area contributed by atoms with Gasteiger partial charge in [-0.1, -0.05) is 43.3 Å². The third-order valence-electron chi connectivity index (χ3n) is 6.55. The van der Waals surface area contributed by atoms with Crippen molar-refractivity contribution in [3.05, 3.63) is 47.5 Å². The molecule has 12 heteroatoms. The maximum atomic E-state index is 12.1. The van der Waals surface area contributed by atoms with Gasteiger partial charge in [-0.15, -0.1) is 0 Å². The lowest BCUT2D eigenvalue weighted by molar-refractivity contribution is -0.374. The van der Waals surface area contributed by atoms with Gasteiger partial charge in [0.25, 0.3) is 0 Å². The number of rotatable bonds is 10. The number of allylic oxidation sites excluding steroid dienone is 1. The normalized spacial score (nSPS) is 35.5. The number of hydrogen-bond acceptors (Lipinski definition) is 9. The van der Waals surface area contributed by atoms with Crippen LogP contribution < -0.4 is 0 Å². The van der Waals surface area contributed by atoms with E-state index in [2.05, 4.69) is 0 Å². The second-order valence-electron chi connectivity index (χ2n) is 8.90. The van der Waals surface area contributed by atoms with Gasteiger partial charge in [-0.25, -0.2) is 14.4 Å². The van der Waals surface area contributed by atoms with Gasteiger partial charge in [-0.3, -0.25) is 0 Å². The molecular weight excluding hydrogens is 468 g/mol. The lowest BCUT2D eigenvalue weighted by Gasteiger charge is -2.48. The molecule has 0 aliphatic carbocycles. The maximum absolute atomic E-state index is 12.1. The van der Waals surface area contributed by atoms with Crippen molar-refractivity contribution >= 4 is 17.9 Å². The molecule has 2 saturated heterocycles. The molecule has 0 aromatic heterocycles. The van der Waals surface area contributed by atoms with Crippen molar-refractivity contribution in [2.24, 2.45) is 5.92 Å². The van der Waals surface area contributed by atoms with Crippen LogP contribution in [-0.2, 0) is 30.3 Å². The molecule has 7 N–H and O–H groups in total. The summed E-state index contributed by atoms with van der Waals surface area (Å²) in [6.45, 7) is 1.46. The van der Waals surface area contributed by atoms with E-state index in [0.717, 1.165) is 5.56 Å². The van der Waals surface area contributed by atoms with Crippen LogP contribution in [0, 0.1) is 5.92 Å². The number of ether oxygens (including phenoxy) is 2. The summed E-state index contributed by atoms with van der Waals surface area (Å²) in [4.78, 5) is 35.8. The minimum Gasteiger partial charge on any atom is -0.479 e. The summed E-state index contributed by atoms with van der Waals surface area (Å²) in [6.07, 6.45) is -5.64. The van der Waals surface area contributed by atoms with Gasteiger partial charge in [-0.05, 0) is 29.9 Å². The first kappa shape index (κ1) is 26.7. The third-order valence-corrected chi connectivity index (χ3v) is 6.55. The van der Waals surface area contributed by atoms with Crippen LogP contribution in [0.4, 0.5) is 0 Å². The number of hydrogen-bond donors (Lipinski definition) is 7. The quantitative estimate of drug-likeness (QED) is 0.197. The molecule has 2 aliphatic rings. The molecule has 0 radical (unpaired) electrons. The fourth-order valence-electron chi connectivity index (χ4n) is 4.82. The lowest BCUT2D eigenvalue weighted by atomic mass is 9.74. The van der Waals surface area contributed by atoms with E-state index in [1.165, 1.54) is 0 Å². The molecule has 192 valence electrons. The highest BCUT2D eigenvalue weighted by molar-refractivity contribution is 5.97. The molecule has 0 amide bonds. The van der Waals surface area contributed by atoms with E-state index in [9.17, 15) is 50.1 Å². The summed E-state index contributed by atoms with van der Waals surface area (Å²) >= 11 is 0. The van der Waals surface area contributed by atoms with Crippen LogP contribution in [0.3, 0.4) is 0 Å². The van der Waals surface area contributed by atoms with Crippen molar-refractivity contribution in [3.63, 3.8) is 0 Å². The van der Waals surface area contributed by atoms with Crippen molar-refractivity contribution in [3.8, 4) is 0 Å². The van der Waals surface area contributed by atoms with Gasteiger partial charge >= 0.3 is 17.9 Å². The Bertz CT molecular complexity index is 1010. The molecule has 1 aromatic carbocycles. The zero-order chi connectivity index (χ0) is 26.2. The van der Waals surface area contributed by atoms with Gasteiger partial charge in [-0.2, -0.15) is 0 Å². The number of aliphatic hydroxyl groups excluding tert-OH is 3. The average Bonchev–Trinajstić information content (AvgIpc) is 3.00. The highest BCUT2D eigenvalue weighted by Crippen LogP contribution is 2.54. The molecule has 0 spiro atoms. The van der Waals surface area contributed by atoms with Crippen LogP contribution in [0.2, 0.25) is 0 Å². The first-order chi connectivity index (χ1) is 16.4. The molecule has 1 aromatic rings. The van der Waals surface area contributed by atoms with Gasteiger partial charge < -0.3 is 45.2 Å². The summed E-state index contributed by atoms with van der Waals surface area (Å²) in [7, 11) is 0. The first-order valence-electron chi connectivity index (χ1n) is 10.9. The predicted octanol–water partition coefficient (Wildman–Crippen LogP) is -0.865. The summed E-state index contributed by atoms with van der Waals surface area (Å²) in [5.74, 6) is -9.10. The summed E-state index contributed by atoms with van der Waals surface area (Å²) < 4.78 is 10.5. The smallest absolute Gasteiger partial charge is 0.343 e. The first-order valence-corrected chi connectivity index (χ1v) is 10.9. The number of benzene rings is 1. The Hall–Kier alpha value is -2.87. The summed E-state index contributed by atoms with van der Waals surface area (Å²) in [5, 5.41) is 70.6. The third kappa shape index (κ3) is 4.22. The lowest BCUT2D eigenvalue weighted by Crippen LogP contribution is -2.77. The highest BCUT2D eigenvalue weighted by Gasteiger charge is 2.84. The average molecular weight is 496 g/mol. The second kappa shape index (κ2) is 9.64. The van der Waals surface area contributed by atoms with Crippen molar-refractivity contribution in [2.45, 2.75) is 61.5 Å². The second-order valence-corrected chi connectivity index (χ2v) is 8.90. The largest absolute Gasteiger partial charge is 0.479 e. The molecule has 1 unspecified atom stereocenters. The number of carboxylic acid groups (broad SMARTS) is 3. The number of fused-ring (bicyclic) bond motifs is 2. The van der Waals surface area contributed by atoms with E-state index in [1.807, 2.05) is 37.3 Å². The van der Waals surface area contributed by atoms with Crippen molar-refractivity contribution in [1.29, 1.82) is 0 Å². The van der Waals surface area contributed by atoms with Crippen LogP contribution in [0.15, 0.2) is 42.0 Å². The molecule has 7 atom stereocenters. The highest BCUT2D eigenvalue weighted by atomic mass is 16.8. The number of carbonyl (C=O) groups is 3. The van der Waals surface area contributed by atoms with Crippen LogP contribution in [-0.4, -0.2) is 95.6 Å².